The molecule has 1 amide bonds. The molecule has 1 aromatic heterocycles. The van der Waals surface area contributed by atoms with Crippen LogP contribution in [0.2, 0.25) is 0 Å². The molecule has 5 nitrogen and oxygen atoms in total. The van der Waals surface area contributed by atoms with Gasteiger partial charge in [0.15, 0.2) is 11.6 Å². The van der Waals surface area contributed by atoms with E-state index in [9.17, 15) is 9.90 Å². The van der Waals surface area contributed by atoms with Crippen molar-refractivity contribution in [2.75, 3.05) is 11.9 Å². The van der Waals surface area contributed by atoms with Crippen molar-refractivity contribution in [3.63, 3.8) is 0 Å². The van der Waals surface area contributed by atoms with E-state index in [-0.39, 0.29) is 29.3 Å². The third-order valence-electron chi connectivity index (χ3n) is 3.80. The Balaban J connectivity index is 2.09. The zero-order valence-corrected chi connectivity index (χ0v) is 11.2. The third kappa shape index (κ3) is 3.23. The maximum atomic E-state index is 12.3. The number of anilines is 1. The second-order valence-corrected chi connectivity index (χ2v) is 5.20. The van der Waals surface area contributed by atoms with Gasteiger partial charge in [-0.1, -0.05) is 12.8 Å². The highest BCUT2D eigenvalue weighted by molar-refractivity contribution is 5.93. The number of amides is 1. The number of carbonyl (C=O) groups is 1. The summed E-state index contributed by atoms with van der Waals surface area (Å²) >= 11 is 0. The summed E-state index contributed by atoms with van der Waals surface area (Å²) in [5, 5.41) is 12.4. The van der Waals surface area contributed by atoms with E-state index >= 15 is 0 Å². The van der Waals surface area contributed by atoms with E-state index in [1.807, 2.05) is 6.92 Å². The van der Waals surface area contributed by atoms with Crippen LogP contribution in [0.1, 0.15) is 31.4 Å². The lowest BCUT2D eigenvalue weighted by Crippen LogP contribution is -2.35. The Bertz CT molecular complexity index is 462. The molecule has 1 aliphatic rings. The minimum atomic E-state index is -0.0800. The van der Waals surface area contributed by atoms with Crippen molar-refractivity contribution >= 4 is 11.7 Å². The van der Waals surface area contributed by atoms with Gasteiger partial charge in [0.05, 0.1) is 0 Å². The minimum Gasteiger partial charge on any atom is -0.504 e. The van der Waals surface area contributed by atoms with Crippen LogP contribution in [0.4, 0.5) is 5.82 Å². The molecule has 1 aliphatic carbocycles. The van der Waals surface area contributed by atoms with Crippen molar-refractivity contribution in [2.24, 2.45) is 17.6 Å². The van der Waals surface area contributed by atoms with Gasteiger partial charge in [-0.3, -0.25) is 4.79 Å². The summed E-state index contributed by atoms with van der Waals surface area (Å²) in [6, 6.07) is 3.24. The van der Waals surface area contributed by atoms with E-state index < -0.39 is 0 Å². The fourth-order valence-electron chi connectivity index (χ4n) is 2.69. The average molecular weight is 263 g/mol. The molecule has 104 valence electrons. The Morgan fingerprint density at radius 2 is 2.21 bits per heavy atom. The topological polar surface area (TPSA) is 88.2 Å². The summed E-state index contributed by atoms with van der Waals surface area (Å²) in [6.45, 7) is 2.35. The molecule has 2 atom stereocenters. The number of hydrogen-bond acceptors (Lipinski definition) is 4. The van der Waals surface area contributed by atoms with E-state index in [4.69, 9.17) is 5.73 Å². The van der Waals surface area contributed by atoms with Crippen LogP contribution in [-0.2, 0) is 4.79 Å². The normalized spacial score (nSPS) is 23.1. The van der Waals surface area contributed by atoms with Crippen LogP contribution in [0.3, 0.4) is 0 Å². The molecular weight excluding hydrogens is 242 g/mol. The Morgan fingerprint density at radius 3 is 2.95 bits per heavy atom. The number of carbonyl (C=O) groups excluding carboxylic acids is 1. The number of aromatic nitrogens is 1. The number of nitrogens with zero attached hydrogens (tertiary/aromatic N) is 1. The van der Waals surface area contributed by atoms with Crippen molar-refractivity contribution in [2.45, 2.75) is 32.6 Å². The highest BCUT2D eigenvalue weighted by atomic mass is 16.3. The van der Waals surface area contributed by atoms with Crippen LogP contribution in [0, 0.1) is 18.8 Å². The van der Waals surface area contributed by atoms with Crippen LogP contribution < -0.4 is 11.1 Å². The van der Waals surface area contributed by atoms with Gasteiger partial charge in [0.1, 0.15) is 0 Å². The predicted molar refractivity (Wildman–Crippen MR) is 73.8 cm³/mol. The summed E-state index contributed by atoms with van der Waals surface area (Å²) in [7, 11) is 0. The lowest BCUT2D eigenvalue weighted by Gasteiger charge is -2.29. The van der Waals surface area contributed by atoms with Crippen LogP contribution in [0.5, 0.6) is 5.75 Å². The van der Waals surface area contributed by atoms with E-state index in [0.29, 0.717) is 6.54 Å². The molecule has 1 aromatic rings. The van der Waals surface area contributed by atoms with Gasteiger partial charge in [0.25, 0.3) is 0 Å². The standard InChI is InChI=1S/C14H21N3O2/c1-9-6-7-12(18)13(16-9)17-14(19)11-5-3-2-4-10(11)8-15/h6-7,10-11,18H,2-5,8,15H2,1H3,(H,16,17,19). The Morgan fingerprint density at radius 1 is 1.47 bits per heavy atom. The van der Waals surface area contributed by atoms with Gasteiger partial charge >= 0.3 is 0 Å². The van der Waals surface area contributed by atoms with Crippen LogP contribution >= 0.6 is 0 Å². The maximum absolute atomic E-state index is 12.3. The fourth-order valence-corrected chi connectivity index (χ4v) is 2.69. The molecule has 1 fully saturated rings. The highest BCUT2D eigenvalue weighted by Crippen LogP contribution is 2.31. The van der Waals surface area contributed by atoms with Gasteiger partial charge in [0, 0.05) is 11.6 Å². The van der Waals surface area contributed by atoms with E-state index in [2.05, 4.69) is 10.3 Å². The van der Waals surface area contributed by atoms with Gasteiger partial charge in [0.2, 0.25) is 5.91 Å². The van der Waals surface area contributed by atoms with Crippen molar-refractivity contribution in [3.8, 4) is 5.75 Å². The molecule has 0 aliphatic heterocycles. The third-order valence-corrected chi connectivity index (χ3v) is 3.80. The molecule has 0 radical (unpaired) electrons. The zero-order valence-electron chi connectivity index (χ0n) is 11.2. The molecule has 0 spiro atoms. The molecule has 0 bridgehead atoms. The summed E-state index contributed by atoms with van der Waals surface area (Å²) in [4.78, 5) is 16.4. The number of hydrogen-bond donors (Lipinski definition) is 3. The summed E-state index contributed by atoms with van der Waals surface area (Å²) in [5.41, 5.74) is 6.49. The number of pyridine rings is 1. The molecule has 2 unspecified atom stereocenters. The first-order valence-corrected chi connectivity index (χ1v) is 6.79. The van der Waals surface area contributed by atoms with Crippen molar-refractivity contribution in [3.05, 3.63) is 17.8 Å². The first-order valence-electron chi connectivity index (χ1n) is 6.79. The van der Waals surface area contributed by atoms with Crippen LogP contribution in [-0.4, -0.2) is 22.5 Å². The molecule has 5 heteroatoms. The summed E-state index contributed by atoms with van der Waals surface area (Å²) in [6.07, 6.45) is 4.06. The number of rotatable bonds is 3. The molecule has 1 saturated carbocycles. The Labute approximate surface area is 113 Å². The second-order valence-electron chi connectivity index (χ2n) is 5.20. The smallest absolute Gasteiger partial charge is 0.229 e. The lowest BCUT2D eigenvalue weighted by molar-refractivity contribution is -0.122. The number of nitrogens with two attached hydrogens (primary N) is 1. The van der Waals surface area contributed by atoms with Crippen LogP contribution in [0.15, 0.2) is 12.1 Å². The Hall–Kier alpha value is -1.62. The van der Waals surface area contributed by atoms with Gasteiger partial charge in [-0.2, -0.15) is 0 Å². The maximum Gasteiger partial charge on any atom is 0.229 e. The molecule has 0 saturated heterocycles. The second kappa shape index (κ2) is 6.02. The first-order chi connectivity index (χ1) is 9.11. The molecule has 1 heterocycles. The van der Waals surface area contributed by atoms with Gasteiger partial charge in [-0.15, -0.1) is 0 Å². The SMILES string of the molecule is Cc1ccc(O)c(NC(=O)C2CCCCC2CN)n1. The van der Waals surface area contributed by atoms with Gasteiger partial charge in [-0.25, -0.2) is 4.98 Å². The van der Waals surface area contributed by atoms with Crippen molar-refractivity contribution in [1.29, 1.82) is 0 Å². The fraction of sp³-hybridized carbons (Fsp3) is 0.571. The van der Waals surface area contributed by atoms with Crippen LogP contribution in [0.25, 0.3) is 0 Å². The van der Waals surface area contributed by atoms with Gasteiger partial charge in [-0.05, 0) is 44.4 Å². The minimum absolute atomic E-state index is 0.000872. The van der Waals surface area contributed by atoms with Crippen molar-refractivity contribution in [1.82, 2.24) is 4.98 Å². The monoisotopic (exact) mass is 263 g/mol. The lowest BCUT2D eigenvalue weighted by atomic mass is 9.79. The molecule has 0 aromatic carbocycles. The summed E-state index contributed by atoms with van der Waals surface area (Å²) in [5.74, 6) is 0.329. The van der Waals surface area contributed by atoms with E-state index in [0.717, 1.165) is 31.4 Å². The average Bonchev–Trinajstić information content (AvgIpc) is 2.42. The first kappa shape index (κ1) is 13.8. The van der Waals surface area contributed by atoms with Crippen molar-refractivity contribution < 1.29 is 9.90 Å². The quantitative estimate of drug-likeness (QED) is 0.776. The van der Waals surface area contributed by atoms with Gasteiger partial charge < -0.3 is 16.2 Å². The Kier molecular flexibility index (Phi) is 4.37. The number of aromatic hydroxyl groups is 1. The number of aryl methyl sites for hydroxylation is 1. The zero-order chi connectivity index (χ0) is 13.8. The molecule has 4 N–H and O–H groups in total. The largest absolute Gasteiger partial charge is 0.504 e. The van der Waals surface area contributed by atoms with E-state index in [1.54, 1.807) is 12.1 Å². The molecule has 2 rings (SSSR count). The predicted octanol–water partition coefficient (Wildman–Crippen LogP) is 1.80. The number of nitrogens with one attached hydrogen (secondary N) is 1. The molecule has 19 heavy (non-hydrogen) atoms. The molecular formula is C14H21N3O2. The van der Waals surface area contributed by atoms with E-state index in [1.165, 1.54) is 0 Å². The summed E-state index contributed by atoms with van der Waals surface area (Å²) < 4.78 is 0. The highest BCUT2D eigenvalue weighted by Gasteiger charge is 2.30.